The Morgan fingerprint density at radius 1 is 0.930 bits per heavy atom. The highest BCUT2D eigenvalue weighted by Crippen LogP contribution is 2.50. The fourth-order valence-corrected chi connectivity index (χ4v) is 7.60. The molecule has 1 unspecified atom stereocenters. The molecule has 218 valence electrons. The fraction of sp³-hybridized carbons (Fsp3) is 0.368. The molecule has 0 aliphatic carbocycles. The average Bonchev–Trinajstić information content (AvgIpc) is 3.48. The van der Waals surface area contributed by atoms with Crippen molar-refractivity contribution in [3.8, 4) is 11.3 Å². The molecule has 5 nitrogen and oxygen atoms in total. The van der Waals surface area contributed by atoms with Crippen molar-refractivity contribution in [3.63, 3.8) is 0 Å². The van der Waals surface area contributed by atoms with E-state index in [9.17, 15) is 0 Å². The molecule has 0 bridgehead atoms. The normalized spacial score (nSPS) is 16.1. The van der Waals surface area contributed by atoms with E-state index in [1.807, 2.05) is 0 Å². The highest BCUT2D eigenvalue weighted by atomic mass is 15.2. The van der Waals surface area contributed by atoms with E-state index in [0.717, 1.165) is 36.0 Å². The zero-order valence-electron chi connectivity index (χ0n) is 26.4. The highest BCUT2D eigenvalue weighted by Gasteiger charge is 2.53. The number of hydrogen-bond acceptors (Lipinski definition) is 2. The van der Waals surface area contributed by atoms with Gasteiger partial charge in [-0.3, -0.25) is 0 Å². The zero-order valence-corrected chi connectivity index (χ0v) is 26.4. The minimum Gasteiger partial charge on any atom is -0.227 e. The van der Waals surface area contributed by atoms with Crippen molar-refractivity contribution >= 4 is 21.9 Å². The van der Waals surface area contributed by atoms with Crippen LogP contribution >= 0.6 is 0 Å². The Morgan fingerprint density at radius 3 is 2.49 bits per heavy atom. The van der Waals surface area contributed by atoms with Gasteiger partial charge in [0.1, 0.15) is 17.4 Å². The van der Waals surface area contributed by atoms with Crippen LogP contribution in [-0.2, 0) is 17.3 Å². The summed E-state index contributed by atoms with van der Waals surface area (Å²) >= 11 is 0. The fourth-order valence-electron chi connectivity index (χ4n) is 7.60. The van der Waals surface area contributed by atoms with Crippen LogP contribution in [0.15, 0.2) is 85.5 Å². The molecule has 43 heavy (non-hydrogen) atoms. The first-order valence-electron chi connectivity index (χ1n) is 16.1. The van der Waals surface area contributed by atoms with Crippen LogP contribution in [0.1, 0.15) is 95.8 Å². The van der Waals surface area contributed by atoms with Crippen LogP contribution in [0.4, 0.5) is 0 Å². The van der Waals surface area contributed by atoms with E-state index < -0.39 is 0 Å². The van der Waals surface area contributed by atoms with E-state index in [1.54, 1.807) is 0 Å². The van der Waals surface area contributed by atoms with Gasteiger partial charge in [0.2, 0.25) is 5.52 Å². The van der Waals surface area contributed by atoms with Crippen LogP contribution in [0.25, 0.3) is 33.2 Å². The van der Waals surface area contributed by atoms with Crippen LogP contribution < -0.4 is 8.97 Å². The number of benzene rings is 2. The second kappa shape index (κ2) is 10.3. The molecule has 6 aromatic rings. The van der Waals surface area contributed by atoms with Gasteiger partial charge in [-0.1, -0.05) is 84.4 Å². The van der Waals surface area contributed by atoms with Crippen LogP contribution in [-0.4, -0.2) is 14.6 Å². The largest absolute Gasteiger partial charge is 0.288 e. The van der Waals surface area contributed by atoms with E-state index in [1.165, 1.54) is 51.8 Å². The molecule has 5 heteroatoms. The van der Waals surface area contributed by atoms with Gasteiger partial charge in [-0.05, 0) is 54.4 Å². The Labute approximate surface area is 254 Å². The van der Waals surface area contributed by atoms with Crippen LogP contribution in [0.5, 0.6) is 0 Å². The van der Waals surface area contributed by atoms with Crippen LogP contribution in [0.3, 0.4) is 0 Å². The maximum atomic E-state index is 5.24. The molecule has 2 aromatic carbocycles. The molecule has 0 radical (unpaired) electrons. The molecular weight excluding hydrogens is 526 g/mol. The molecule has 1 aliphatic heterocycles. The average molecular weight is 570 g/mol. The maximum absolute atomic E-state index is 5.24. The molecule has 0 fully saturated rings. The van der Waals surface area contributed by atoms with Crippen molar-refractivity contribution in [3.05, 3.63) is 108 Å². The predicted octanol–water partition coefficient (Wildman–Crippen LogP) is 7.88. The third kappa shape index (κ3) is 4.11. The first kappa shape index (κ1) is 27.7. The summed E-state index contributed by atoms with van der Waals surface area (Å²) < 4.78 is 7.02. The van der Waals surface area contributed by atoms with Gasteiger partial charge in [0.05, 0.1) is 11.1 Å². The minimum absolute atomic E-state index is 0.0187. The molecule has 1 aliphatic rings. The summed E-state index contributed by atoms with van der Waals surface area (Å²) in [5.74, 6) is 0. The van der Waals surface area contributed by atoms with Gasteiger partial charge in [-0.25, -0.2) is 9.08 Å². The lowest BCUT2D eigenvalue weighted by Gasteiger charge is -2.41. The van der Waals surface area contributed by atoms with Gasteiger partial charge in [-0.2, -0.15) is 9.50 Å². The van der Waals surface area contributed by atoms with E-state index in [4.69, 9.17) is 10.1 Å². The topological polar surface area (TPSA) is 38.2 Å². The Kier molecular flexibility index (Phi) is 6.61. The van der Waals surface area contributed by atoms with E-state index in [-0.39, 0.29) is 16.9 Å². The molecular formula is C38H43N5+2. The van der Waals surface area contributed by atoms with Crippen molar-refractivity contribution in [2.75, 3.05) is 0 Å². The van der Waals surface area contributed by atoms with Crippen molar-refractivity contribution in [1.29, 1.82) is 0 Å². The van der Waals surface area contributed by atoms with Crippen LogP contribution in [0, 0.1) is 0 Å². The standard InChI is InChI=1S/C38H43N5/c1-7-10-16-26-17-15-19-28-34(26)39-25-42-35(28)27-18-11-12-20-29(27)38(8-2,9-3)36(42)32-24-43-31(23-33(40-43)37(4,5)6)30-21-13-14-22-41(30)32/h11-15,17-25,36H,7-10,16H2,1-6H3/q+2. The number of unbranched alkanes of at least 4 members (excludes halogenated alkanes) is 1. The van der Waals surface area contributed by atoms with Gasteiger partial charge >= 0.3 is 0 Å². The second-order valence-electron chi connectivity index (χ2n) is 13.3. The molecule has 0 spiro atoms. The number of para-hydroxylation sites is 1. The zero-order chi connectivity index (χ0) is 29.9. The van der Waals surface area contributed by atoms with Crippen molar-refractivity contribution in [2.24, 2.45) is 0 Å². The minimum atomic E-state index is -0.132. The number of pyridine rings is 1. The van der Waals surface area contributed by atoms with Gasteiger partial charge in [0, 0.05) is 34.1 Å². The van der Waals surface area contributed by atoms with Gasteiger partial charge in [0.15, 0.2) is 17.8 Å². The van der Waals surface area contributed by atoms with Gasteiger partial charge < -0.3 is 0 Å². The number of aryl methyl sites for hydroxylation is 1. The van der Waals surface area contributed by atoms with Crippen molar-refractivity contribution in [2.45, 2.75) is 90.5 Å². The van der Waals surface area contributed by atoms with Crippen molar-refractivity contribution in [1.82, 2.24) is 14.6 Å². The molecule has 4 aromatic heterocycles. The molecule has 0 N–H and O–H groups in total. The summed E-state index contributed by atoms with van der Waals surface area (Å²) in [4.78, 5) is 5.24. The molecule has 0 amide bonds. The van der Waals surface area contributed by atoms with E-state index >= 15 is 0 Å². The molecule has 0 saturated carbocycles. The molecule has 5 heterocycles. The van der Waals surface area contributed by atoms with Crippen LogP contribution in [0.2, 0.25) is 0 Å². The Balaban J connectivity index is 1.60. The number of aromatic nitrogens is 5. The summed E-state index contributed by atoms with van der Waals surface area (Å²) in [7, 11) is 0. The summed E-state index contributed by atoms with van der Waals surface area (Å²) in [6.07, 6.45) is 12.1. The Hall–Kier alpha value is -4.12. The van der Waals surface area contributed by atoms with Gasteiger partial charge in [-0.15, -0.1) is 0 Å². The first-order valence-corrected chi connectivity index (χ1v) is 16.1. The summed E-state index contributed by atoms with van der Waals surface area (Å²) in [6, 6.07) is 24.7. The number of hydrogen-bond donors (Lipinski definition) is 0. The lowest BCUT2D eigenvalue weighted by molar-refractivity contribution is -0.734. The van der Waals surface area contributed by atoms with Crippen molar-refractivity contribution < 1.29 is 8.97 Å². The molecule has 0 saturated heterocycles. The van der Waals surface area contributed by atoms with Gasteiger partial charge in [0.25, 0.3) is 12.0 Å². The molecule has 7 rings (SSSR count). The van der Waals surface area contributed by atoms with E-state index in [2.05, 4.69) is 140 Å². The third-order valence-electron chi connectivity index (χ3n) is 9.97. The Morgan fingerprint density at radius 2 is 1.72 bits per heavy atom. The lowest BCUT2D eigenvalue weighted by Crippen LogP contribution is -2.59. The first-order chi connectivity index (χ1) is 20.8. The number of fused-ring (bicyclic) bond motifs is 8. The predicted molar refractivity (Wildman–Crippen MR) is 173 cm³/mol. The number of nitrogens with zero attached hydrogens (tertiary/aromatic N) is 5. The molecule has 1 atom stereocenters. The SMILES string of the molecule is CCCCc1cccc2c3[n+](cnc12)C(c1cn2nc(C(C)(C)C)cc2c2cccc[n+]12)C(CC)(CC)c1ccccc1-3. The highest BCUT2D eigenvalue weighted by molar-refractivity contribution is 5.93. The van der Waals surface area contributed by atoms with E-state index in [0.29, 0.717) is 0 Å². The summed E-state index contributed by atoms with van der Waals surface area (Å²) in [6.45, 7) is 13.7. The monoisotopic (exact) mass is 569 g/mol. The third-order valence-corrected chi connectivity index (χ3v) is 9.97. The second-order valence-corrected chi connectivity index (χ2v) is 13.3. The number of rotatable bonds is 6. The summed E-state index contributed by atoms with van der Waals surface area (Å²) in [5.41, 5.74) is 10.9. The summed E-state index contributed by atoms with van der Waals surface area (Å²) in [5, 5.41) is 6.39. The Bertz CT molecular complexity index is 1990. The maximum Gasteiger partial charge on any atom is 0.288 e. The quantitative estimate of drug-likeness (QED) is 0.191. The smallest absolute Gasteiger partial charge is 0.227 e. The lowest BCUT2D eigenvalue weighted by atomic mass is 9.65.